The number of carbonyl (C=O) groups excluding carboxylic acids is 1. The number of hydrogen-bond donors (Lipinski definition) is 1. The Morgan fingerprint density at radius 2 is 1.72 bits per heavy atom. The van der Waals surface area contributed by atoms with Crippen molar-refractivity contribution in [3.05, 3.63) is 59.1 Å². The zero-order valence-corrected chi connectivity index (χ0v) is 11.1. The van der Waals surface area contributed by atoms with Crippen LogP contribution in [0.15, 0.2) is 64.1 Å². The maximum atomic E-state index is 11.0. The highest BCUT2D eigenvalue weighted by Gasteiger charge is 1.98. The van der Waals surface area contributed by atoms with E-state index < -0.39 is 0 Å². The molecule has 2 rings (SSSR count). The highest BCUT2D eigenvalue weighted by molar-refractivity contribution is 9.10. The molecule has 0 saturated heterocycles. The van der Waals surface area contributed by atoms with E-state index in [1.807, 2.05) is 54.6 Å². The first kappa shape index (κ1) is 12.5. The predicted molar refractivity (Wildman–Crippen MR) is 77.4 cm³/mol. The summed E-state index contributed by atoms with van der Waals surface area (Å²) in [6, 6.07) is 16.9. The molecular formula is C14H11BrN2O. The van der Waals surface area contributed by atoms with Gasteiger partial charge in [0.15, 0.2) is 12.1 Å². The van der Waals surface area contributed by atoms with Crippen molar-refractivity contribution in [3.8, 4) is 0 Å². The van der Waals surface area contributed by atoms with E-state index in [1.54, 1.807) is 0 Å². The van der Waals surface area contributed by atoms with Gasteiger partial charge in [-0.05, 0) is 36.4 Å². The molecule has 3 nitrogen and oxygen atoms in total. The SMILES string of the molecule is O=CC(=Nc1ccc(Br)cc1)Nc1ccccc1. The molecule has 0 saturated carbocycles. The van der Waals surface area contributed by atoms with Crippen molar-refractivity contribution in [2.75, 3.05) is 5.32 Å². The second-order valence-corrected chi connectivity index (χ2v) is 4.50. The van der Waals surface area contributed by atoms with Gasteiger partial charge < -0.3 is 5.32 Å². The van der Waals surface area contributed by atoms with Crippen LogP contribution in [-0.4, -0.2) is 12.1 Å². The molecule has 90 valence electrons. The van der Waals surface area contributed by atoms with Gasteiger partial charge in [-0.3, -0.25) is 4.79 Å². The number of anilines is 1. The molecule has 0 atom stereocenters. The van der Waals surface area contributed by atoms with E-state index in [4.69, 9.17) is 0 Å². The number of benzene rings is 2. The second-order valence-electron chi connectivity index (χ2n) is 3.58. The third-order valence-electron chi connectivity index (χ3n) is 2.23. The fraction of sp³-hybridized carbons (Fsp3) is 0. The molecule has 0 spiro atoms. The van der Waals surface area contributed by atoms with Crippen molar-refractivity contribution in [3.63, 3.8) is 0 Å². The summed E-state index contributed by atoms with van der Waals surface area (Å²) in [5, 5.41) is 2.96. The molecule has 4 heteroatoms. The second kappa shape index (κ2) is 6.12. The molecule has 2 aromatic carbocycles. The fourth-order valence-electron chi connectivity index (χ4n) is 1.41. The summed E-state index contributed by atoms with van der Waals surface area (Å²) in [4.78, 5) is 15.2. The number of aldehydes is 1. The van der Waals surface area contributed by atoms with Crippen LogP contribution in [0.1, 0.15) is 0 Å². The van der Waals surface area contributed by atoms with Gasteiger partial charge in [-0.2, -0.15) is 0 Å². The van der Waals surface area contributed by atoms with Crippen LogP contribution in [-0.2, 0) is 4.79 Å². The zero-order valence-electron chi connectivity index (χ0n) is 9.51. The molecule has 0 unspecified atom stereocenters. The Labute approximate surface area is 114 Å². The van der Waals surface area contributed by atoms with Crippen molar-refractivity contribution in [1.29, 1.82) is 0 Å². The van der Waals surface area contributed by atoms with Gasteiger partial charge in [-0.15, -0.1) is 0 Å². The highest BCUT2D eigenvalue weighted by atomic mass is 79.9. The Bertz CT molecular complexity index is 550. The molecule has 0 radical (unpaired) electrons. The first-order valence-corrected chi connectivity index (χ1v) is 6.19. The number of carbonyl (C=O) groups is 1. The summed E-state index contributed by atoms with van der Waals surface area (Å²) in [6.07, 6.45) is 0.703. The molecule has 0 aliphatic carbocycles. The summed E-state index contributed by atoms with van der Waals surface area (Å²) < 4.78 is 0.977. The number of para-hydroxylation sites is 1. The quantitative estimate of drug-likeness (QED) is 0.532. The summed E-state index contributed by atoms with van der Waals surface area (Å²) in [7, 11) is 0. The van der Waals surface area contributed by atoms with Crippen LogP contribution in [0.4, 0.5) is 11.4 Å². The van der Waals surface area contributed by atoms with E-state index in [0.29, 0.717) is 6.29 Å². The summed E-state index contributed by atoms with van der Waals surface area (Å²) in [5.74, 6) is 0.281. The van der Waals surface area contributed by atoms with Crippen LogP contribution in [0.25, 0.3) is 0 Å². The first-order valence-electron chi connectivity index (χ1n) is 5.39. The van der Waals surface area contributed by atoms with Crippen molar-refractivity contribution in [1.82, 2.24) is 0 Å². The number of halogens is 1. The number of rotatable bonds is 3. The van der Waals surface area contributed by atoms with Crippen LogP contribution in [0.3, 0.4) is 0 Å². The molecule has 0 bridgehead atoms. The Kier molecular flexibility index (Phi) is 4.25. The maximum absolute atomic E-state index is 11.0. The molecule has 0 heterocycles. The van der Waals surface area contributed by atoms with E-state index in [0.717, 1.165) is 15.8 Å². The lowest BCUT2D eigenvalue weighted by Crippen LogP contribution is -2.12. The minimum Gasteiger partial charge on any atom is -0.337 e. The lowest BCUT2D eigenvalue weighted by atomic mass is 10.3. The van der Waals surface area contributed by atoms with Gasteiger partial charge in [-0.1, -0.05) is 34.1 Å². The molecule has 2 aromatic rings. The third-order valence-corrected chi connectivity index (χ3v) is 2.76. The summed E-state index contributed by atoms with van der Waals surface area (Å²) in [5.41, 5.74) is 1.56. The Hall–Kier alpha value is -1.94. The van der Waals surface area contributed by atoms with Crippen molar-refractivity contribution < 1.29 is 4.79 Å². The lowest BCUT2D eigenvalue weighted by Gasteiger charge is -2.04. The molecule has 0 aliphatic heterocycles. The van der Waals surface area contributed by atoms with E-state index in [9.17, 15) is 4.79 Å². The smallest absolute Gasteiger partial charge is 0.185 e. The number of nitrogens with zero attached hydrogens (tertiary/aromatic N) is 1. The molecule has 0 fully saturated rings. The average Bonchev–Trinajstić information content (AvgIpc) is 2.41. The highest BCUT2D eigenvalue weighted by Crippen LogP contribution is 2.17. The number of aliphatic imine (C=N–C) groups is 1. The number of hydrogen-bond acceptors (Lipinski definition) is 2. The maximum Gasteiger partial charge on any atom is 0.185 e. The summed E-state index contributed by atoms with van der Waals surface area (Å²) in [6.45, 7) is 0. The van der Waals surface area contributed by atoms with Gasteiger partial charge in [0.1, 0.15) is 0 Å². The van der Waals surface area contributed by atoms with E-state index in [2.05, 4.69) is 26.2 Å². The van der Waals surface area contributed by atoms with E-state index in [1.165, 1.54) is 0 Å². The number of nitrogens with one attached hydrogen (secondary N) is 1. The predicted octanol–water partition coefficient (Wildman–Crippen LogP) is 3.79. The van der Waals surface area contributed by atoms with Gasteiger partial charge in [-0.25, -0.2) is 4.99 Å². The third kappa shape index (κ3) is 3.53. The topological polar surface area (TPSA) is 41.5 Å². The van der Waals surface area contributed by atoms with E-state index in [-0.39, 0.29) is 5.84 Å². The lowest BCUT2D eigenvalue weighted by molar-refractivity contribution is -0.102. The monoisotopic (exact) mass is 302 g/mol. The largest absolute Gasteiger partial charge is 0.337 e. The van der Waals surface area contributed by atoms with Crippen molar-refractivity contribution in [2.45, 2.75) is 0 Å². The van der Waals surface area contributed by atoms with Crippen LogP contribution in [0, 0.1) is 0 Å². The number of amidine groups is 1. The zero-order chi connectivity index (χ0) is 12.8. The first-order chi connectivity index (χ1) is 8.78. The molecule has 0 aromatic heterocycles. The Morgan fingerprint density at radius 1 is 1.06 bits per heavy atom. The normalized spacial score (nSPS) is 11.1. The molecule has 0 aliphatic rings. The van der Waals surface area contributed by atoms with Gasteiger partial charge in [0, 0.05) is 10.2 Å². The molecular weight excluding hydrogens is 292 g/mol. The molecule has 0 amide bonds. The standard InChI is InChI=1S/C14H11BrN2O/c15-11-6-8-13(9-7-11)17-14(10-18)16-12-4-2-1-3-5-12/h1-10H,(H,16,17). The average molecular weight is 303 g/mol. The molecule has 1 N–H and O–H groups in total. The van der Waals surface area contributed by atoms with Crippen molar-refractivity contribution in [2.24, 2.45) is 4.99 Å². The Morgan fingerprint density at radius 3 is 2.33 bits per heavy atom. The van der Waals surface area contributed by atoms with Gasteiger partial charge in [0.05, 0.1) is 5.69 Å². The van der Waals surface area contributed by atoms with Crippen LogP contribution in [0.5, 0.6) is 0 Å². The van der Waals surface area contributed by atoms with Crippen LogP contribution >= 0.6 is 15.9 Å². The van der Waals surface area contributed by atoms with Gasteiger partial charge >= 0.3 is 0 Å². The Balaban J connectivity index is 2.18. The minimum atomic E-state index is 0.281. The van der Waals surface area contributed by atoms with Crippen LogP contribution < -0.4 is 5.32 Å². The molecule has 18 heavy (non-hydrogen) atoms. The van der Waals surface area contributed by atoms with E-state index >= 15 is 0 Å². The van der Waals surface area contributed by atoms with Gasteiger partial charge in [0.25, 0.3) is 0 Å². The van der Waals surface area contributed by atoms with Crippen molar-refractivity contribution >= 4 is 39.4 Å². The fourth-order valence-corrected chi connectivity index (χ4v) is 1.67. The van der Waals surface area contributed by atoms with Gasteiger partial charge in [0.2, 0.25) is 0 Å². The van der Waals surface area contributed by atoms with Crippen LogP contribution in [0.2, 0.25) is 0 Å². The summed E-state index contributed by atoms with van der Waals surface area (Å²) >= 11 is 3.35. The minimum absolute atomic E-state index is 0.281.